The van der Waals surface area contributed by atoms with Gasteiger partial charge in [-0.2, -0.15) is 0 Å². The van der Waals surface area contributed by atoms with Crippen LogP contribution in [-0.4, -0.2) is 10.1 Å². The van der Waals surface area contributed by atoms with E-state index in [2.05, 4.69) is 4.98 Å². The Kier molecular flexibility index (Phi) is 2.65. The second-order valence-electron chi connectivity index (χ2n) is 2.06. The fraction of sp³-hybridized carbons (Fsp3) is 0.167. The molecule has 0 aliphatic carbocycles. The van der Waals surface area contributed by atoms with Crippen molar-refractivity contribution in [3.05, 3.63) is 15.5 Å². The van der Waals surface area contributed by atoms with Gasteiger partial charge in [-0.15, -0.1) is 0 Å². The Bertz CT molecular complexity index is 306. The monoisotopic (exact) mass is 286 g/mol. The molecule has 1 aromatic heterocycles. The molecule has 0 aromatic carbocycles. The first-order chi connectivity index (χ1) is 5.54. The van der Waals surface area contributed by atoms with Gasteiger partial charge in [0.2, 0.25) is 0 Å². The quantitative estimate of drug-likeness (QED) is 0.775. The third-order valence-corrected chi connectivity index (χ3v) is 2.40. The molecule has 0 saturated carbocycles. The van der Waals surface area contributed by atoms with E-state index in [1.54, 1.807) is 22.6 Å². The molecule has 66 valence electrons. The highest BCUT2D eigenvalue weighted by atomic mass is 127. The minimum absolute atomic E-state index is 0.161. The molecule has 0 spiro atoms. The Labute approximate surface area is 80.7 Å². The average molecular weight is 286 g/mol. The first kappa shape index (κ1) is 9.43. The second-order valence-corrected chi connectivity index (χ2v) is 3.14. The topological polar surface area (TPSA) is 59.1 Å². The molecule has 0 aliphatic rings. The molecule has 1 heterocycles. The van der Waals surface area contributed by atoms with Crippen LogP contribution in [-0.2, 0) is 0 Å². The number of hydrogen-bond acceptors (Lipinski definition) is 3. The summed E-state index contributed by atoms with van der Waals surface area (Å²) >= 11 is 1.68. The van der Waals surface area contributed by atoms with Gasteiger partial charge < -0.3 is 10.8 Å². The van der Waals surface area contributed by atoms with Crippen molar-refractivity contribution in [2.24, 2.45) is 0 Å². The predicted molar refractivity (Wildman–Crippen MR) is 48.0 cm³/mol. The molecular formula is C6H5F2IN2O. The van der Waals surface area contributed by atoms with Crippen LogP contribution in [0.15, 0.2) is 6.20 Å². The number of nitrogen functional groups attached to an aromatic ring is 1. The molecule has 12 heavy (non-hydrogen) atoms. The van der Waals surface area contributed by atoms with Crippen molar-refractivity contribution in [3.8, 4) is 5.75 Å². The zero-order valence-electron chi connectivity index (χ0n) is 5.76. The molecule has 0 aliphatic heterocycles. The maximum Gasteiger partial charge on any atom is 0.282 e. The molecule has 0 amide bonds. The maximum absolute atomic E-state index is 12.1. The molecule has 0 radical (unpaired) electrons. The van der Waals surface area contributed by atoms with Crippen molar-refractivity contribution in [2.75, 3.05) is 5.73 Å². The lowest BCUT2D eigenvalue weighted by Crippen LogP contribution is -2.00. The summed E-state index contributed by atoms with van der Waals surface area (Å²) < 4.78 is 24.4. The molecule has 3 nitrogen and oxygen atoms in total. The number of aromatic hydroxyl groups is 1. The number of alkyl halides is 2. The summed E-state index contributed by atoms with van der Waals surface area (Å²) in [5.41, 5.74) is 4.62. The van der Waals surface area contributed by atoms with E-state index in [0.717, 1.165) is 6.20 Å². The van der Waals surface area contributed by atoms with Crippen molar-refractivity contribution < 1.29 is 13.9 Å². The van der Waals surface area contributed by atoms with Gasteiger partial charge in [-0.25, -0.2) is 13.8 Å². The minimum atomic E-state index is -2.71. The van der Waals surface area contributed by atoms with Gasteiger partial charge in [0.05, 0.1) is 15.5 Å². The molecule has 0 atom stereocenters. The Balaban J connectivity index is 3.27. The highest BCUT2D eigenvalue weighted by Crippen LogP contribution is 2.31. The number of rotatable bonds is 1. The summed E-state index contributed by atoms with van der Waals surface area (Å²) in [4.78, 5) is 3.31. The van der Waals surface area contributed by atoms with Gasteiger partial charge in [-0.3, -0.25) is 0 Å². The SMILES string of the molecule is Nc1c(C(F)F)ncc(O)c1I. The van der Waals surface area contributed by atoms with E-state index in [4.69, 9.17) is 10.8 Å². The Morgan fingerprint density at radius 3 is 2.67 bits per heavy atom. The standard InChI is InChI=1S/C6H5F2IN2O/c7-6(8)5-4(10)3(9)2(12)1-11-5/h1,6,12H,10H2. The zero-order valence-corrected chi connectivity index (χ0v) is 7.92. The van der Waals surface area contributed by atoms with Crippen LogP contribution in [0.3, 0.4) is 0 Å². The van der Waals surface area contributed by atoms with Crippen molar-refractivity contribution in [2.45, 2.75) is 6.43 Å². The third kappa shape index (κ3) is 1.57. The van der Waals surface area contributed by atoms with Gasteiger partial charge in [0.1, 0.15) is 11.4 Å². The lowest BCUT2D eigenvalue weighted by Gasteiger charge is -2.05. The van der Waals surface area contributed by atoms with Gasteiger partial charge in [0.15, 0.2) is 0 Å². The molecule has 3 N–H and O–H groups in total. The summed E-state index contributed by atoms with van der Waals surface area (Å²) in [5.74, 6) is -0.183. The van der Waals surface area contributed by atoms with Gasteiger partial charge >= 0.3 is 0 Å². The first-order valence-electron chi connectivity index (χ1n) is 2.95. The van der Waals surface area contributed by atoms with Gasteiger partial charge in [0, 0.05) is 0 Å². The number of nitrogens with zero attached hydrogens (tertiary/aromatic N) is 1. The Hall–Kier alpha value is -0.660. The molecule has 1 aromatic rings. The largest absolute Gasteiger partial charge is 0.505 e. The minimum Gasteiger partial charge on any atom is -0.505 e. The summed E-state index contributed by atoms with van der Waals surface area (Å²) in [6, 6.07) is 0. The Morgan fingerprint density at radius 2 is 2.17 bits per heavy atom. The van der Waals surface area contributed by atoms with Crippen LogP contribution >= 0.6 is 22.6 Å². The number of halogens is 3. The van der Waals surface area contributed by atoms with E-state index in [1.165, 1.54) is 0 Å². The van der Waals surface area contributed by atoms with Crippen LogP contribution in [0.25, 0.3) is 0 Å². The molecule has 0 saturated heterocycles. The zero-order chi connectivity index (χ0) is 9.30. The van der Waals surface area contributed by atoms with Crippen LogP contribution in [0.1, 0.15) is 12.1 Å². The molecule has 1 rings (SSSR count). The van der Waals surface area contributed by atoms with Crippen molar-refractivity contribution in [1.29, 1.82) is 0 Å². The van der Waals surface area contributed by atoms with Crippen LogP contribution < -0.4 is 5.73 Å². The van der Waals surface area contributed by atoms with E-state index in [1.807, 2.05) is 0 Å². The fourth-order valence-corrected chi connectivity index (χ4v) is 1.10. The maximum atomic E-state index is 12.1. The van der Waals surface area contributed by atoms with E-state index < -0.39 is 12.1 Å². The summed E-state index contributed by atoms with van der Waals surface area (Å²) in [6.07, 6.45) is -1.75. The van der Waals surface area contributed by atoms with Gasteiger partial charge in [0.25, 0.3) is 6.43 Å². The summed E-state index contributed by atoms with van der Waals surface area (Å²) in [6.45, 7) is 0. The Morgan fingerprint density at radius 1 is 1.58 bits per heavy atom. The van der Waals surface area contributed by atoms with Gasteiger partial charge in [-0.1, -0.05) is 0 Å². The molecule has 6 heteroatoms. The highest BCUT2D eigenvalue weighted by molar-refractivity contribution is 14.1. The molecular weight excluding hydrogens is 281 g/mol. The lowest BCUT2D eigenvalue weighted by atomic mass is 10.3. The normalized spacial score (nSPS) is 10.7. The second kappa shape index (κ2) is 3.38. The number of hydrogen-bond donors (Lipinski definition) is 2. The van der Waals surface area contributed by atoms with Crippen molar-refractivity contribution in [3.63, 3.8) is 0 Å². The molecule has 0 unspecified atom stereocenters. The number of anilines is 1. The van der Waals surface area contributed by atoms with Gasteiger partial charge in [-0.05, 0) is 22.6 Å². The fourth-order valence-electron chi connectivity index (χ4n) is 0.681. The number of aromatic nitrogens is 1. The highest BCUT2D eigenvalue weighted by Gasteiger charge is 2.16. The van der Waals surface area contributed by atoms with E-state index in [0.29, 0.717) is 0 Å². The predicted octanol–water partition coefficient (Wildman–Crippen LogP) is 1.91. The van der Waals surface area contributed by atoms with Crippen LogP contribution in [0.2, 0.25) is 0 Å². The summed E-state index contributed by atoms with van der Waals surface area (Å²) in [7, 11) is 0. The smallest absolute Gasteiger partial charge is 0.282 e. The van der Waals surface area contributed by atoms with Crippen molar-refractivity contribution >= 4 is 28.3 Å². The average Bonchev–Trinajstić information content (AvgIpc) is 2.00. The molecule has 0 fully saturated rings. The van der Waals surface area contributed by atoms with Crippen LogP contribution in [0.5, 0.6) is 5.75 Å². The lowest BCUT2D eigenvalue weighted by molar-refractivity contribution is 0.147. The van der Waals surface area contributed by atoms with Crippen LogP contribution in [0, 0.1) is 3.57 Å². The number of pyridine rings is 1. The van der Waals surface area contributed by atoms with E-state index >= 15 is 0 Å². The third-order valence-electron chi connectivity index (χ3n) is 1.27. The number of nitrogens with two attached hydrogens (primary N) is 1. The van der Waals surface area contributed by atoms with E-state index in [-0.39, 0.29) is 15.0 Å². The first-order valence-corrected chi connectivity index (χ1v) is 4.03. The van der Waals surface area contributed by atoms with Crippen molar-refractivity contribution in [1.82, 2.24) is 4.98 Å². The van der Waals surface area contributed by atoms with Crippen LogP contribution in [0.4, 0.5) is 14.5 Å². The summed E-state index contributed by atoms with van der Waals surface area (Å²) in [5, 5.41) is 9.01. The molecule has 0 bridgehead atoms. The van der Waals surface area contributed by atoms with E-state index in [9.17, 15) is 8.78 Å².